The Bertz CT molecular complexity index is 590. The minimum absolute atomic E-state index is 0.480. The van der Waals surface area contributed by atoms with Crippen LogP contribution in [0.2, 0.25) is 0 Å². The second-order valence-corrected chi connectivity index (χ2v) is 5.48. The molecule has 1 atom stereocenters. The predicted octanol–water partition coefficient (Wildman–Crippen LogP) is 1.64. The van der Waals surface area contributed by atoms with Crippen LogP contribution < -0.4 is 0 Å². The summed E-state index contributed by atoms with van der Waals surface area (Å²) in [6.07, 6.45) is 1.69. The Kier molecular flexibility index (Phi) is 2.56. The summed E-state index contributed by atoms with van der Waals surface area (Å²) in [7, 11) is 0. The molecule has 5 nitrogen and oxygen atoms in total. The Morgan fingerprint density at radius 2 is 2.41 bits per heavy atom. The number of carbonyl (C=O) groups is 1. The molecular weight excluding hydrogens is 258 g/mol. The summed E-state index contributed by atoms with van der Waals surface area (Å²) >= 11 is 2.93. The minimum atomic E-state index is -0.883. The van der Waals surface area contributed by atoms with Crippen molar-refractivity contribution >= 4 is 44.5 Å². The number of thioether (sulfide) groups is 1. The van der Waals surface area contributed by atoms with Crippen LogP contribution in [0.5, 0.6) is 0 Å². The van der Waals surface area contributed by atoms with E-state index >= 15 is 0 Å². The summed E-state index contributed by atoms with van der Waals surface area (Å²) in [5.41, 5.74) is 0.689. The summed E-state index contributed by atoms with van der Waals surface area (Å²) in [4.78, 5) is 23.5. The standard InChI is InChI=1S/C10H7N3O2S2/c14-10(15)5-4-16-8(12-5)9-13-7-6(17-9)2-1-3-11-7/h1-3,5H,4H2,(H,14,15). The Hall–Kier alpha value is -1.47. The fourth-order valence-corrected chi connectivity index (χ4v) is 3.50. The van der Waals surface area contributed by atoms with Crippen molar-refractivity contribution in [3.8, 4) is 0 Å². The molecule has 0 bridgehead atoms. The first-order valence-electron chi connectivity index (χ1n) is 4.89. The van der Waals surface area contributed by atoms with Gasteiger partial charge in [-0.05, 0) is 12.1 Å². The molecule has 1 aliphatic rings. The molecule has 17 heavy (non-hydrogen) atoms. The molecule has 0 saturated heterocycles. The summed E-state index contributed by atoms with van der Waals surface area (Å²) in [5.74, 6) is -0.402. The molecule has 2 aromatic rings. The van der Waals surface area contributed by atoms with E-state index < -0.39 is 12.0 Å². The van der Waals surface area contributed by atoms with Gasteiger partial charge < -0.3 is 5.11 Å². The van der Waals surface area contributed by atoms with Gasteiger partial charge in [0.1, 0.15) is 5.04 Å². The first kappa shape index (κ1) is 10.7. The van der Waals surface area contributed by atoms with Crippen molar-refractivity contribution in [3.63, 3.8) is 0 Å². The molecule has 2 aromatic heterocycles. The average molecular weight is 265 g/mol. The average Bonchev–Trinajstić information content (AvgIpc) is 2.95. The molecule has 0 aromatic carbocycles. The molecule has 0 fully saturated rings. The number of carboxylic acid groups (broad SMARTS) is 1. The predicted molar refractivity (Wildman–Crippen MR) is 67.8 cm³/mol. The van der Waals surface area contributed by atoms with E-state index in [1.54, 1.807) is 6.20 Å². The van der Waals surface area contributed by atoms with Gasteiger partial charge in [0, 0.05) is 11.9 Å². The number of carboxylic acids is 1. The molecule has 0 aliphatic carbocycles. The Balaban J connectivity index is 1.99. The fraction of sp³-hybridized carbons (Fsp3) is 0.200. The lowest BCUT2D eigenvalue weighted by molar-refractivity contribution is -0.137. The zero-order chi connectivity index (χ0) is 11.8. The molecule has 3 rings (SSSR count). The number of aliphatic carboxylic acids is 1. The van der Waals surface area contributed by atoms with Gasteiger partial charge in [-0.1, -0.05) is 0 Å². The van der Waals surface area contributed by atoms with Crippen molar-refractivity contribution in [1.82, 2.24) is 9.97 Å². The molecule has 0 spiro atoms. The van der Waals surface area contributed by atoms with E-state index in [0.29, 0.717) is 16.4 Å². The van der Waals surface area contributed by atoms with E-state index in [1.807, 2.05) is 12.1 Å². The monoisotopic (exact) mass is 265 g/mol. The van der Waals surface area contributed by atoms with Gasteiger partial charge in [-0.15, -0.1) is 23.1 Å². The number of aromatic nitrogens is 2. The van der Waals surface area contributed by atoms with Crippen molar-refractivity contribution in [2.24, 2.45) is 4.99 Å². The van der Waals surface area contributed by atoms with Gasteiger partial charge >= 0.3 is 5.97 Å². The summed E-state index contributed by atoms with van der Waals surface area (Å²) < 4.78 is 0.990. The molecule has 86 valence electrons. The minimum Gasteiger partial charge on any atom is -0.480 e. The van der Waals surface area contributed by atoms with E-state index in [1.165, 1.54) is 23.1 Å². The third-order valence-electron chi connectivity index (χ3n) is 2.28. The number of hydrogen-bond donors (Lipinski definition) is 1. The maximum Gasteiger partial charge on any atom is 0.329 e. The van der Waals surface area contributed by atoms with Gasteiger partial charge in [0.15, 0.2) is 16.7 Å². The lowest BCUT2D eigenvalue weighted by Crippen LogP contribution is -2.17. The molecule has 1 aliphatic heterocycles. The quantitative estimate of drug-likeness (QED) is 0.893. The van der Waals surface area contributed by atoms with Crippen LogP contribution >= 0.6 is 23.1 Å². The fourth-order valence-electron chi connectivity index (χ4n) is 1.48. The lowest BCUT2D eigenvalue weighted by Gasteiger charge is -1.93. The number of hydrogen-bond acceptors (Lipinski definition) is 6. The van der Waals surface area contributed by atoms with Crippen LogP contribution in [0, 0.1) is 0 Å². The zero-order valence-corrected chi connectivity index (χ0v) is 10.2. The van der Waals surface area contributed by atoms with Crippen molar-refractivity contribution in [1.29, 1.82) is 0 Å². The molecule has 1 unspecified atom stereocenters. The number of fused-ring (bicyclic) bond motifs is 1. The SMILES string of the molecule is O=C(O)C1CSC(c2nc3ncccc3s2)=N1. The molecule has 1 N–H and O–H groups in total. The maximum atomic E-state index is 10.8. The second-order valence-electron chi connectivity index (χ2n) is 3.44. The lowest BCUT2D eigenvalue weighted by atomic mass is 10.4. The second kappa shape index (κ2) is 4.08. The van der Waals surface area contributed by atoms with Crippen molar-refractivity contribution in [3.05, 3.63) is 23.3 Å². The Morgan fingerprint density at radius 1 is 1.53 bits per heavy atom. The van der Waals surface area contributed by atoms with Crippen LogP contribution in [0.15, 0.2) is 23.3 Å². The van der Waals surface area contributed by atoms with E-state index in [-0.39, 0.29) is 0 Å². The van der Waals surface area contributed by atoms with Crippen LogP contribution in [-0.2, 0) is 4.79 Å². The van der Waals surface area contributed by atoms with Crippen LogP contribution in [0.4, 0.5) is 0 Å². The zero-order valence-electron chi connectivity index (χ0n) is 8.53. The third-order valence-corrected chi connectivity index (χ3v) is 4.48. The number of nitrogens with zero attached hydrogens (tertiary/aromatic N) is 3. The highest BCUT2D eigenvalue weighted by Crippen LogP contribution is 2.28. The van der Waals surface area contributed by atoms with Gasteiger partial charge in [0.05, 0.1) is 4.70 Å². The normalized spacial score (nSPS) is 19.5. The van der Waals surface area contributed by atoms with Crippen molar-refractivity contribution in [2.45, 2.75) is 6.04 Å². The van der Waals surface area contributed by atoms with E-state index in [4.69, 9.17) is 5.11 Å². The molecule has 3 heterocycles. The summed E-state index contributed by atoms with van der Waals surface area (Å²) in [6.45, 7) is 0. The van der Waals surface area contributed by atoms with E-state index in [2.05, 4.69) is 15.0 Å². The summed E-state index contributed by atoms with van der Waals surface area (Å²) in [6, 6.07) is 3.15. The van der Waals surface area contributed by atoms with Crippen LogP contribution in [0.25, 0.3) is 10.3 Å². The highest BCUT2D eigenvalue weighted by Gasteiger charge is 2.26. The molecule has 0 saturated carbocycles. The smallest absolute Gasteiger partial charge is 0.329 e. The highest BCUT2D eigenvalue weighted by molar-refractivity contribution is 8.15. The molecule has 7 heteroatoms. The van der Waals surface area contributed by atoms with Crippen LogP contribution in [0.3, 0.4) is 0 Å². The van der Waals surface area contributed by atoms with Gasteiger partial charge in [-0.2, -0.15) is 0 Å². The Labute approximate surface area is 105 Å². The number of thiazole rings is 1. The Morgan fingerprint density at radius 3 is 3.12 bits per heavy atom. The number of aliphatic imine (C=N–C) groups is 1. The van der Waals surface area contributed by atoms with E-state index in [0.717, 1.165) is 9.71 Å². The topological polar surface area (TPSA) is 75.4 Å². The molecular formula is C10H7N3O2S2. The first-order valence-corrected chi connectivity index (χ1v) is 6.69. The third kappa shape index (κ3) is 1.91. The van der Waals surface area contributed by atoms with E-state index in [9.17, 15) is 4.79 Å². The van der Waals surface area contributed by atoms with Crippen LogP contribution in [0.1, 0.15) is 5.01 Å². The van der Waals surface area contributed by atoms with Gasteiger partial charge in [-0.3, -0.25) is 4.99 Å². The number of rotatable bonds is 2. The van der Waals surface area contributed by atoms with Crippen molar-refractivity contribution in [2.75, 3.05) is 5.75 Å². The molecule has 0 radical (unpaired) electrons. The van der Waals surface area contributed by atoms with Gasteiger partial charge in [0.2, 0.25) is 0 Å². The van der Waals surface area contributed by atoms with Gasteiger partial charge in [-0.25, -0.2) is 14.8 Å². The molecule has 0 amide bonds. The highest BCUT2D eigenvalue weighted by atomic mass is 32.2. The van der Waals surface area contributed by atoms with Crippen LogP contribution in [-0.4, -0.2) is 37.9 Å². The van der Waals surface area contributed by atoms with Crippen molar-refractivity contribution < 1.29 is 9.90 Å². The summed E-state index contributed by atoms with van der Waals surface area (Å²) in [5, 5.41) is 10.3. The largest absolute Gasteiger partial charge is 0.480 e. The number of pyridine rings is 1. The first-order chi connectivity index (χ1) is 8.24. The maximum absolute atomic E-state index is 10.8. The van der Waals surface area contributed by atoms with Gasteiger partial charge in [0.25, 0.3) is 0 Å².